The van der Waals surface area contributed by atoms with Crippen LogP contribution in [-0.4, -0.2) is 29.3 Å². The van der Waals surface area contributed by atoms with E-state index in [2.05, 4.69) is 15.2 Å². The van der Waals surface area contributed by atoms with Crippen molar-refractivity contribution in [3.05, 3.63) is 53.5 Å². The lowest BCUT2D eigenvalue weighted by Crippen LogP contribution is -2.36. The van der Waals surface area contributed by atoms with Crippen molar-refractivity contribution in [2.45, 2.75) is 38.1 Å². The Morgan fingerprint density at radius 1 is 1.19 bits per heavy atom. The number of aliphatic hydroxyl groups is 1. The summed E-state index contributed by atoms with van der Waals surface area (Å²) in [6.07, 6.45) is -2.71. The molecule has 0 bridgehead atoms. The lowest BCUT2D eigenvalue weighted by Gasteiger charge is -2.34. The Balaban J connectivity index is 1.79. The van der Waals surface area contributed by atoms with Crippen LogP contribution in [0.1, 0.15) is 36.9 Å². The van der Waals surface area contributed by atoms with Crippen LogP contribution in [-0.2, 0) is 6.18 Å². The van der Waals surface area contributed by atoms with Crippen molar-refractivity contribution >= 4 is 11.5 Å². The van der Waals surface area contributed by atoms with Crippen molar-refractivity contribution in [1.29, 1.82) is 0 Å². The number of alkyl halides is 3. The molecule has 0 spiro atoms. The number of halogens is 4. The van der Waals surface area contributed by atoms with Crippen LogP contribution in [0, 0.1) is 5.82 Å². The van der Waals surface area contributed by atoms with E-state index in [4.69, 9.17) is 0 Å². The van der Waals surface area contributed by atoms with E-state index in [0.29, 0.717) is 31.5 Å². The van der Waals surface area contributed by atoms with Crippen LogP contribution in [0.2, 0.25) is 0 Å². The highest BCUT2D eigenvalue weighted by Gasteiger charge is 2.30. The first-order chi connectivity index (χ1) is 12.7. The third-order valence-electron chi connectivity index (χ3n) is 4.72. The van der Waals surface area contributed by atoms with Gasteiger partial charge in [-0.25, -0.2) is 9.37 Å². The Labute approximate surface area is 154 Å². The van der Waals surface area contributed by atoms with E-state index in [-0.39, 0.29) is 23.8 Å². The predicted molar refractivity (Wildman–Crippen MR) is 95.1 cm³/mol. The zero-order valence-corrected chi connectivity index (χ0v) is 14.8. The molecule has 1 unspecified atom stereocenters. The number of aromatic nitrogens is 1. The zero-order valence-electron chi connectivity index (χ0n) is 14.8. The number of rotatable bonds is 4. The quantitative estimate of drug-likeness (QED) is 0.770. The molecule has 0 saturated carbocycles. The fourth-order valence-electron chi connectivity index (χ4n) is 3.21. The average Bonchev–Trinajstić information content (AvgIpc) is 2.62. The van der Waals surface area contributed by atoms with E-state index in [9.17, 15) is 22.7 Å². The largest absolute Gasteiger partial charge is 0.417 e. The highest BCUT2D eigenvalue weighted by atomic mass is 19.4. The molecule has 1 saturated heterocycles. The molecule has 2 N–H and O–H groups in total. The molecule has 1 aliphatic rings. The van der Waals surface area contributed by atoms with Crippen LogP contribution >= 0.6 is 0 Å². The van der Waals surface area contributed by atoms with Gasteiger partial charge in [-0.05, 0) is 50.1 Å². The summed E-state index contributed by atoms with van der Waals surface area (Å²) < 4.78 is 51.8. The Bertz CT molecular complexity index is 772. The summed E-state index contributed by atoms with van der Waals surface area (Å²) in [7, 11) is 0. The molecule has 0 aliphatic carbocycles. The molecular weight excluding hydrogens is 362 g/mol. The maximum Gasteiger partial charge on any atom is 0.417 e. The van der Waals surface area contributed by atoms with Gasteiger partial charge >= 0.3 is 6.18 Å². The first-order valence-electron chi connectivity index (χ1n) is 8.76. The summed E-state index contributed by atoms with van der Waals surface area (Å²) in [5.74, 6) is -0.111. The topological polar surface area (TPSA) is 48.4 Å². The van der Waals surface area contributed by atoms with Gasteiger partial charge in [0.1, 0.15) is 11.6 Å². The van der Waals surface area contributed by atoms with E-state index < -0.39 is 11.7 Å². The Kier molecular flexibility index (Phi) is 5.55. The molecular formula is C19H21F4N3O. The average molecular weight is 383 g/mol. The number of anilines is 2. The molecule has 0 radical (unpaired) electrons. The minimum atomic E-state index is -4.44. The number of nitrogens with one attached hydrogen (secondary N) is 1. The lowest BCUT2D eigenvalue weighted by molar-refractivity contribution is -0.137. The molecule has 0 amide bonds. The van der Waals surface area contributed by atoms with Gasteiger partial charge < -0.3 is 15.3 Å². The first-order valence-corrected chi connectivity index (χ1v) is 8.76. The van der Waals surface area contributed by atoms with Crippen molar-refractivity contribution < 1.29 is 22.7 Å². The molecule has 1 fully saturated rings. The van der Waals surface area contributed by atoms with Gasteiger partial charge in [-0.1, -0.05) is 0 Å². The molecule has 1 aliphatic heterocycles. The van der Waals surface area contributed by atoms with Crippen LogP contribution in [0.25, 0.3) is 0 Å². The summed E-state index contributed by atoms with van der Waals surface area (Å²) in [4.78, 5) is 5.90. The molecule has 27 heavy (non-hydrogen) atoms. The van der Waals surface area contributed by atoms with Crippen molar-refractivity contribution in [2.75, 3.05) is 23.3 Å². The van der Waals surface area contributed by atoms with Gasteiger partial charge in [-0.15, -0.1) is 0 Å². The molecule has 2 heterocycles. The van der Waals surface area contributed by atoms with Crippen molar-refractivity contribution in [3.8, 4) is 0 Å². The Morgan fingerprint density at radius 3 is 2.48 bits per heavy atom. The minimum absolute atomic E-state index is 0.278. The van der Waals surface area contributed by atoms with Crippen molar-refractivity contribution in [3.63, 3.8) is 0 Å². The Morgan fingerprint density at radius 2 is 1.89 bits per heavy atom. The number of aliphatic hydroxyl groups excluding tert-OH is 1. The summed E-state index contributed by atoms with van der Waals surface area (Å²) in [6.45, 7) is 3.12. The van der Waals surface area contributed by atoms with Gasteiger partial charge in [0.15, 0.2) is 0 Å². The molecule has 1 aromatic heterocycles. The van der Waals surface area contributed by atoms with Crippen LogP contribution in [0.3, 0.4) is 0 Å². The van der Waals surface area contributed by atoms with Crippen molar-refractivity contribution in [1.82, 2.24) is 4.98 Å². The lowest BCUT2D eigenvalue weighted by atomic mass is 10.0. The monoisotopic (exact) mass is 383 g/mol. The van der Waals surface area contributed by atoms with E-state index >= 15 is 0 Å². The maximum atomic E-state index is 13.8. The van der Waals surface area contributed by atoms with E-state index in [1.54, 1.807) is 13.0 Å². The number of hydrogen-bond donors (Lipinski definition) is 2. The van der Waals surface area contributed by atoms with Gasteiger partial charge in [0.2, 0.25) is 0 Å². The van der Waals surface area contributed by atoms with Gasteiger partial charge in [0.05, 0.1) is 17.7 Å². The fraction of sp³-hybridized carbons (Fsp3) is 0.421. The van der Waals surface area contributed by atoms with Crippen LogP contribution in [0.15, 0.2) is 36.5 Å². The molecule has 146 valence electrons. The second kappa shape index (κ2) is 7.72. The number of pyridine rings is 1. The number of benzene rings is 1. The standard InChI is InChI=1S/C19H21F4N3O/c1-12(25-18-5-2-13(11-24-18)19(21,22)23)16-10-14(20)3-4-17(16)26-8-6-15(27)7-9-26/h2-5,10-12,15,27H,6-9H2,1H3,(H,24,25). The molecule has 3 rings (SSSR count). The second-order valence-corrected chi connectivity index (χ2v) is 6.72. The van der Waals surface area contributed by atoms with Gasteiger partial charge in [0, 0.05) is 30.5 Å². The summed E-state index contributed by atoms with van der Waals surface area (Å²) in [5, 5.41) is 12.7. The number of piperidine rings is 1. The smallest absolute Gasteiger partial charge is 0.393 e. The van der Waals surface area contributed by atoms with E-state index in [1.807, 2.05) is 0 Å². The third-order valence-corrected chi connectivity index (χ3v) is 4.72. The number of hydrogen-bond acceptors (Lipinski definition) is 4. The van der Waals surface area contributed by atoms with Crippen LogP contribution < -0.4 is 10.2 Å². The highest BCUT2D eigenvalue weighted by molar-refractivity contribution is 5.57. The third kappa shape index (κ3) is 4.68. The summed E-state index contributed by atoms with van der Waals surface area (Å²) in [5.41, 5.74) is 0.710. The normalized spacial score (nSPS) is 17.0. The molecule has 4 nitrogen and oxygen atoms in total. The summed E-state index contributed by atoms with van der Waals surface area (Å²) >= 11 is 0. The minimum Gasteiger partial charge on any atom is -0.393 e. The zero-order chi connectivity index (χ0) is 19.6. The highest BCUT2D eigenvalue weighted by Crippen LogP contribution is 2.32. The predicted octanol–water partition coefficient (Wildman–Crippen LogP) is 4.37. The fourth-order valence-corrected chi connectivity index (χ4v) is 3.21. The van der Waals surface area contributed by atoms with Crippen LogP contribution in [0.5, 0.6) is 0 Å². The first kappa shape index (κ1) is 19.4. The van der Waals surface area contributed by atoms with Crippen molar-refractivity contribution in [2.24, 2.45) is 0 Å². The second-order valence-electron chi connectivity index (χ2n) is 6.72. The SMILES string of the molecule is CC(Nc1ccc(C(F)(F)F)cn1)c1cc(F)ccc1N1CCC(O)CC1. The number of nitrogens with zero attached hydrogens (tertiary/aromatic N) is 2. The van der Waals surface area contributed by atoms with Crippen LogP contribution in [0.4, 0.5) is 29.1 Å². The molecule has 8 heteroatoms. The van der Waals surface area contributed by atoms with Gasteiger partial charge in [-0.2, -0.15) is 13.2 Å². The van der Waals surface area contributed by atoms with Gasteiger partial charge in [0.25, 0.3) is 0 Å². The molecule has 2 aromatic rings. The molecule has 1 atom stereocenters. The molecule has 1 aromatic carbocycles. The van der Waals surface area contributed by atoms with E-state index in [0.717, 1.165) is 18.0 Å². The van der Waals surface area contributed by atoms with Gasteiger partial charge in [-0.3, -0.25) is 0 Å². The maximum absolute atomic E-state index is 13.8. The van der Waals surface area contributed by atoms with E-state index in [1.165, 1.54) is 18.2 Å². The summed E-state index contributed by atoms with van der Waals surface area (Å²) in [6, 6.07) is 6.35. The Hall–Kier alpha value is -2.35.